The lowest BCUT2D eigenvalue weighted by molar-refractivity contribution is -2.00. The van der Waals surface area contributed by atoms with Crippen molar-refractivity contribution in [3.8, 4) is 11.4 Å². The van der Waals surface area contributed by atoms with Gasteiger partial charge in [-0.2, -0.15) is 0 Å². The maximum absolute atomic E-state index is 8.49. The molecule has 90 valence electrons. The van der Waals surface area contributed by atoms with Crippen molar-refractivity contribution in [3.63, 3.8) is 0 Å². The summed E-state index contributed by atoms with van der Waals surface area (Å²) in [6, 6.07) is 11.8. The van der Waals surface area contributed by atoms with E-state index in [4.69, 9.17) is 18.6 Å². The highest BCUT2D eigenvalue weighted by atomic mass is 35.7. The minimum absolute atomic E-state index is 0.970. The summed E-state index contributed by atoms with van der Waals surface area (Å²) in [6.45, 7) is 0. The fourth-order valence-corrected chi connectivity index (χ4v) is 1.07. The van der Waals surface area contributed by atoms with E-state index in [1.165, 1.54) is 0 Å². The highest BCUT2D eigenvalue weighted by Crippen LogP contribution is 2.07. The van der Waals surface area contributed by atoms with Crippen molar-refractivity contribution in [2.24, 2.45) is 0 Å². The first-order chi connectivity index (χ1) is 7.97. The molecule has 0 amide bonds. The molecule has 2 aromatic rings. The molecular weight excluding hydrogens is 248 g/mol. The van der Waals surface area contributed by atoms with Gasteiger partial charge in [-0.1, -0.05) is 6.07 Å². The SMILES string of the molecule is [O-][Cl+3]([O-])([O-])[O-].c1ccc(-c2cccc[nH+]2)nc1. The van der Waals surface area contributed by atoms with E-state index in [1.54, 1.807) is 6.20 Å². The van der Waals surface area contributed by atoms with E-state index in [-0.39, 0.29) is 0 Å². The van der Waals surface area contributed by atoms with Gasteiger partial charge < -0.3 is 0 Å². The van der Waals surface area contributed by atoms with Crippen molar-refractivity contribution in [3.05, 3.63) is 48.8 Å². The molecule has 0 aliphatic carbocycles. The topological polar surface area (TPSA) is 119 Å². The number of aromatic nitrogens is 2. The largest absolute Gasteiger partial charge is 0.250 e. The van der Waals surface area contributed by atoms with E-state index in [0.717, 1.165) is 11.4 Å². The summed E-state index contributed by atoms with van der Waals surface area (Å²) in [6.07, 6.45) is 3.68. The van der Waals surface area contributed by atoms with Crippen LogP contribution in [0.15, 0.2) is 48.8 Å². The van der Waals surface area contributed by atoms with Crippen LogP contribution in [0.25, 0.3) is 11.4 Å². The van der Waals surface area contributed by atoms with Crippen molar-refractivity contribution in [2.45, 2.75) is 0 Å². The van der Waals surface area contributed by atoms with Crippen molar-refractivity contribution < 1.29 is 33.9 Å². The van der Waals surface area contributed by atoms with Crippen LogP contribution < -0.4 is 23.6 Å². The first-order valence-corrected chi connectivity index (χ1v) is 5.70. The van der Waals surface area contributed by atoms with Crippen molar-refractivity contribution in [2.75, 3.05) is 0 Å². The second-order valence-corrected chi connectivity index (χ2v) is 3.63. The van der Waals surface area contributed by atoms with Crippen LogP contribution in [0.3, 0.4) is 0 Å². The number of rotatable bonds is 1. The fourth-order valence-electron chi connectivity index (χ4n) is 1.07. The van der Waals surface area contributed by atoms with E-state index in [9.17, 15) is 0 Å². The Bertz CT molecular complexity index is 390. The van der Waals surface area contributed by atoms with Crippen LogP contribution in [0.2, 0.25) is 0 Å². The fraction of sp³-hybridized carbons (Fsp3) is 0. The Morgan fingerprint density at radius 3 is 2.06 bits per heavy atom. The van der Waals surface area contributed by atoms with Gasteiger partial charge >= 0.3 is 0 Å². The zero-order valence-corrected chi connectivity index (χ0v) is 9.33. The Hall–Kier alpha value is -1.57. The monoisotopic (exact) mass is 256 g/mol. The predicted molar refractivity (Wildman–Crippen MR) is 46.2 cm³/mol. The lowest BCUT2D eigenvalue weighted by Gasteiger charge is -2.17. The molecule has 0 spiro atoms. The zero-order chi connectivity index (χ0) is 12.7. The van der Waals surface area contributed by atoms with Crippen molar-refractivity contribution in [1.82, 2.24) is 4.98 Å². The van der Waals surface area contributed by atoms with Gasteiger partial charge in [0.05, 0.1) is 0 Å². The van der Waals surface area contributed by atoms with E-state index in [2.05, 4.69) is 9.97 Å². The van der Waals surface area contributed by atoms with Gasteiger partial charge in [0.25, 0.3) is 0 Å². The summed E-state index contributed by atoms with van der Waals surface area (Å²) < 4.78 is 34.0. The van der Waals surface area contributed by atoms with Gasteiger partial charge in [-0.15, -0.1) is 10.2 Å². The van der Waals surface area contributed by atoms with Crippen molar-refractivity contribution in [1.29, 1.82) is 0 Å². The zero-order valence-electron chi connectivity index (χ0n) is 8.58. The third kappa shape index (κ3) is 6.56. The van der Waals surface area contributed by atoms with E-state index in [1.807, 2.05) is 42.6 Å². The number of hydrogen-bond acceptors (Lipinski definition) is 5. The standard InChI is InChI=1S/C10H8N2.ClHO4/c1-3-7-11-9(5-1)10-6-2-4-8-12-10;2-1(3,4)5/h1-8H;(H,2,3,4,5). The lowest BCUT2D eigenvalue weighted by Crippen LogP contribution is -2.68. The lowest BCUT2D eigenvalue weighted by atomic mass is 10.2. The Morgan fingerprint density at radius 2 is 1.59 bits per heavy atom. The molecule has 17 heavy (non-hydrogen) atoms. The molecule has 0 aliphatic heterocycles. The summed E-state index contributed by atoms with van der Waals surface area (Å²) >= 11 is 0. The van der Waals surface area contributed by atoms with E-state index in [0.29, 0.717) is 0 Å². The van der Waals surface area contributed by atoms with Gasteiger partial charge in [0.1, 0.15) is 5.69 Å². The molecule has 0 bridgehead atoms. The molecule has 0 saturated heterocycles. The second kappa shape index (κ2) is 6.24. The van der Waals surface area contributed by atoms with E-state index < -0.39 is 10.2 Å². The minimum atomic E-state index is -4.94. The Morgan fingerprint density at radius 1 is 0.941 bits per heavy atom. The molecule has 2 rings (SSSR count). The first-order valence-electron chi connectivity index (χ1n) is 4.47. The number of hydrogen-bond donors (Lipinski definition) is 0. The highest BCUT2D eigenvalue weighted by Gasteiger charge is 2.01. The summed E-state index contributed by atoms with van der Waals surface area (Å²) in [4.78, 5) is 7.34. The Labute approximate surface area is 99.6 Å². The molecule has 2 aromatic heterocycles. The number of aromatic amines is 1. The van der Waals surface area contributed by atoms with Crippen LogP contribution in [0.4, 0.5) is 0 Å². The Balaban J connectivity index is 0.000000249. The van der Waals surface area contributed by atoms with Crippen LogP contribution in [-0.4, -0.2) is 4.98 Å². The molecule has 0 unspecified atom stereocenters. The number of nitrogens with one attached hydrogen (secondary N) is 1. The van der Waals surface area contributed by atoms with Crippen LogP contribution in [0.5, 0.6) is 0 Å². The second-order valence-electron chi connectivity index (χ2n) is 2.87. The average Bonchev–Trinajstić information content (AvgIpc) is 2.29. The Kier molecular flexibility index (Phi) is 4.95. The smallest absolute Gasteiger partial charge is 0.229 e. The van der Waals surface area contributed by atoms with Crippen molar-refractivity contribution >= 4 is 0 Å². The van der Waals surface area contributed by atoms with Gasteiger partial charge in [0.2, 0.25) is 5.69 Å². The number of halogens is 1. The maximum Gasteiger partial charge on any atom is 0.229 e. The summed E-state index contributed by atoms with van der Waals surface area (Å²) in [5.74, 6) is 0. The molecule has 0 aromatic carbocycles. The van der Waals surface area contributed by atoms with E-state index >= 15 is 0 Å². The molecule has 0 radical (unpaired) electrons. The normalized spacial score (nSPS) is 10.4. The molecule has 0 aliphatic rings. The molecule has 0 fully saturated rings. The third-order valence-corrected chi connectivity index (χ3v) is 1.65. The number of H-pyrrole nitrogens is 1. The molecule has 0 saturated carbocycles. The summed E-state index contributed by atoms with van der Waals surface area (Å²) in [5, 5.41) is 0. The van der Waals surface area contributed by atoms with Crippen LogP contribution in [0.1, 0.15) is 0 Å². The number of nitrogens with zero attached hydrogens (tertiary/aromatic N) is 1. The minimum Gasteiger partial charge on any atom is -0.250 e. The molecular formula is C10H9ClN2O4. The van der Waals surface area contributed by atoms with Gasteiger partial charge in [0.15, 0.2) is 6.20 Å². The molecule has 7 heteroatoms. The van der Waals surface area contributed by atoms with Gasteiger partial charge in [-0.05, 0) is 18.2 Å². The van der Waals surface area contributed by atoms with Crippen LogP contribution in [-0.2, 0) is 0 Å². The number of pyridine rings is 2. The highest BCUT2D eigenvalue weighted by molar-refractivity contribution is 5.48. The maximum atomic E-state index is 8.49. The van der Waals surface area contributed by atoms with Crippen LogP contribution >= 0.6 is 0 Å². The molecule has 2 heterocycles. The summed E-state index contributed by atoms with van der Waals surface area (Å²) in [5.41, 5.74) is 2.01. The first kappa shape index (κ1) is 13.5. The van der Waals surface area contributed by atoms with Crippen LogP contribution in [0, 0.1) is 10.2 Å². The van der Waals surface area contributed by atoms with Gasteiger partial charge in [-0.3, -0.25) is 0 Å². The molecule has 6 nitrogen and oxygen atoms in total. The third-order valence-electron chi connectivity index (χ3n) is 1.65. The predicted octanol–water partition coefficient (Wildman–Crippen LogP) is -3.19. The van der Waals surface area contributed by atoms with Gasteiger partial charge in [0, 0.05) is 18.3 Å². The quantitative estimate of drug-likeness (QED) is 0.532. The van der Waals surface area contributed by atoms with Gasteiger partial charge in [-0.25, -0.2) is 28.6 Å². The molecule has 1 N–H and O–H groups in total. The molecule has 0 atom stereocenters. The summed E-state index contributed by atoms with van der Waals surface area (Å²) in [7, 11) is -4.94. The average molecular weight is 257 g/mol.